The summed E-state index contributed by atoms with van der Waals surface area (Å²) in [5.74, 6) is -2.45. The number of carbonyl (C=O) groups excluding carboxylic acids is 2. The number of ether oxygens (including phenoxy) is 1. The van der Waals surface area contributed by atoms with Gasteiger partial charge < -0.3 is 15.2 Å². The lowest BCUT2D eigenvalue weighted by molar-refractivity contribution is -0.140. The lowest BCUT2D eigenvalue weighted by Gasteiger charge is -2.18. The quantitative estimate of drug-likeness (QED) is 0.793. The normalized spacial score (nSPS) is 11.8. The zero-order valence-electron chi connectivity index (χ0n) is 11.5. The molecule has 1 atom stereocenters. The first-order valence-electron chi connectivity index (χ1n) is 6.09. The molecular weight excluding hydrogens is 262 g/mol. The first-order valence-corrected chi connectivity index (χ1v) is 6.09. The van der Waals surface area contributed by atoms with Crippen molar-refractivity contribution in [2.75, 3.05) is 7.11 Å². The van der Waals surface area contributed by atoms with Crippen molar-refractivity contribution < 1.29 is 24.2 Å². The van der Waals surface area contributed by atoms with E-state index in [0.717, 1.165) is 0 Å². The fourth-order valence-corrected chi connectivity index (χ4v) is 1.64. The number of nitrogens with one attached hydrogen (secondary N) is 1. The number of carbonyl (C=O) groups is 3. The third kappa shape index (κ3) is 3.81. The van der Waals surface area contributed by atoms with Crippen LogP contribution in [0.5, 0.6) is 0 Å². The molecule has 0 aliphatic rings. The predicted molar refractivity (Wildman–Crippen MR) is 71.5 cm³/mol. The van der Waals surface area contributed by atoms with Crippen molar-refractivity contribution in [1.29, 1.82) is 0 Å². The number of hydrogen-bond acceptors (Lipinski definition) is 4. The molecule has 1 unspecified atom stereocenters. The highest BCUT2D eigenvalue weighted by molar-refractivity contribution is 5.99. The van der Waals surface area contributed by atoms with Gasteiger partial charge in [0.2, 0.25) is 0 Å². The summed E-state index contributed by atoms with van der Waals surface area (Å²) < 4.78 is 4.56. The second kappa shape index (κ2) is 6.70. The van der Waals surface area contributed by atoms with Crippen LogP contribution in [0, 0.1) is 5.92 Å². The largest absolute Gasteiger partial charge is 0.480 e. The van der Waals surface area contributed by atoms with Crippen molar-refractivity contribution in [2.24, 2.45) is 5.92 Å². The summed E-state index contributed by atoms with van der Waals surface area (Å²) in [6.07, 6.45) is 0. The molecule has 1 amide bonds. The minimum Gasteiger partial charge on any atom is -0.480 e. The third-order valence-corrected chi connectivity index (χ3v) is 2.77. The van der Waals surface area contributed by atoms with E-state index in [1.165, 1.54) is 31.4 Å². The number of methoxy groups -OCH3 is 1. The van der Waals surface area contributed by atoms with Gasteiger partial charge in [0, 0.05) is 5.56 Å². The molecule has 0 fully saturated rings. The topological polar surface area (TPSA) is 92.7 Å². The van der Waals surface area contributed by atoms with Gasteiger partial charge in [-0.25, -0.2) is 9.59 Å². The molecule has 0 saturated carbocycles. The van der Waals surface area contributed by atoms with Crippen molar-refractivity contribution in [3.05, 3.63) is 35.4 Å². The molecule has 0 saturated heterocycles. The summed E-state index contributed by atoms with van der Waals surface area (Å²) in [4.78, 5) is 34.4. The van der Waals surface area contributed by atoms with Gasteiger partial charge in [0.25, 0.3) is 5.91 Å². The zero-order valence-corrected chi connectivity index (χ0v) is 11.5. The van der Waals surface area contributed by atoms with Gasteiger partial charge in [-0.1, -0.05) is 19.9 Å². The maximum absolute atomic E-state index is 12.0. The molecule has 0 spiro atoms. The Hall–Kier alpha value is -2.37. The molecule has 1 aromatic rings. The fraction of sp³-hybridized carbons (Fsp3) is 0.357. The molecular formula is C14H17NO5. The van der Waals surface area contributed by atoms with Gasteiger partial charge >= 0.3 is 11.9 Å². The molecule has 2 N–H and O–H groups in total. The number of hydrogen-bond donors (Lipinski definition) is 2. The molecule has 1 rings (SSSR count). The lowest BCUT2D eigenvalue weighted by Crippen LogP contribution is -2.44. The minimum atomic E-state index is -1.10. The number of carboxylic acid groups (broad SMARTS) is 1. The predicted octanol–water partition coefficient (Wildman–Crippen LogP) is 1.31. The van der Waals surface area contributed by atoms with Gasteiger partial charge in [-0.3, -0.25) is 4.79 Å². The van der Waals surface area contributed by atoms with E-state index >= 15 is 0 Å². The molecule has 0 aromatic heterocycles. The Morgan fingerprint density at radius 2 is 1.80 bits per heavy atom. The number of benzene rings is 1. The summed E-state index contributed by atoms with van der Waals surface area (Å²) >= 11 is 0. The summed E-state index contributed by atoms with van der Waals surface area (Å²) in [6, 6.07) is 4.93. The van der Waals surface area contributed by atoms with Crippen molar-refractivity contribution >= 4 is 17.8 Å². The van der Waals surface area contributed by atoms with Gasteiger partial charge in [-0.05, 0) is 24.1 Å². The molecule has 0 radical (unpaired) electrons. The highest BCUT2D eigenvalue weighted by Gasteiger charge is 2.24. The minimum absolute atomic E-state index is 0.208. The molecule has 0 aliphatic carbocycles. The van der Waals surface area contributed by atoms with Crippen LogP contribution < -0.4 is 5.32 Å². The first-order chi connectivity index (χ1) is 9.36. The molecule has 108 valence electrons. The molecule has 0 aliphatic heterocycles. The van der Waals surface area contributed by atoms with Crippen molar-refractivity contribution in [3.63, 3.8) is 0 Å². The smallest absolute Gasteiger partial charge is 0.337 e. The Morgan fingerprint density at radius 3 is 2.30 bits per heavy atom. The average Bonchev–Trinajstić information content (AvgIpc) is 2.42. The van der Waals surface area contributed by atoms with Crippen LogP contribution in [0.3, 0.4) is 0 Å². The monoisotopic (exact) mass is 279 g/mol. The van der Waals surface area contributed by atoms with Crippen LogP contribution in [-0.4, -0.2) is 36.1 Å². The highest BCUT2D eigenvalue weighted by Crippen LogP contribution is 2.09. The van der Waals surface area contributed by atoms with E-state index in [1.54, 1.807) is 13.8 Å². The van der Waals surface area contributed by atoms with Gasteiger partial charge in [0.05, 0.1) is 12.7 Å². The first kappa shape index (κ1) is 15.7. The molecule has 6 heteroatoms. The molecule has 0 heterocycles. The maximum Gasteiger partial charge on any atom is 0.337 e. The van der Waals surface area contributed by atoms with E-state index < -0.39 is 23.9 Å². The van der Waals surface area contributed by atoms with Crippen LogP contribution in [0.2, 0.25) is 0 Å². The summed E-state index contributed by atoms with van der Waals surface area (Å²) in [7, 11) is 1.24. The van der Waals surface area contributed by atoms with E-state index in [1.807, 2.05) is 0 Å². The zero-order chi connectivity index (χ0) is 15.3. The van der Waals surface area contributed by atoms with Gasteiger partial charge in [0.15, 0.2) is 0 Å². The van der Waals surface area contributed by atoms with Crippen LogP contribution in [0.4, 0.5) is 0 Å². The number of aliphatic carboxylic acids is 1. The maximum atomic E-state index is 12.0. The van der Waals surface area contributed by atoms with Gasteiger partial charge in [0.1, 0.15) is 6.04 Å². The lowest BCUT2D eigenvalue weighted by atomic mass is 10.0. The standard InChI is InChI=1S/C14H17NO5/c1-8(2)11(13(17)18)15-12(16)9-5-4-6-10(7-9)14(19)20-3/h4-8,11H,1-3H3,(H,15,16)(H,17,18). The Balaban J connectivity index is 2.92. The summed E-state index contributed by atoms with van der Waals surface area (Å²) in [5.41, 5.74) is 0.441. The van der Waals surface area contributed by atoms with Gasteiger partial charge in [-0.2, -0.15) is 0 Å². The van der Waals surface area contributed by atoms with Crippen LogP contribution >= 0.6 is 0 Å². The Morgan fingerprint density at radius 1 is 1.20 bits per heavy atom. The Labute approximate surface area is 116 Å². The second-order valence-corrected chi connectivity index (χ2v) is 4.61. The van der Waals surface area contributed by atoms with E-state index in [9.17, 15) is 14.4 Å². The average molecular weight is 279 g/mol. The Kier molecular flexibility index (Phi) is 5.25. The van der Waals surface area contributed by atoms with Crippen molar-refractivity contribution in [2.45, 2.75) is 19.9 Å². The van der Waals surface area contributed by atoms with Crippen LogP contribution in [-0.2, 0) is 9.53 Å². The van der Waals surface area contributed by atoms with Gasteiger partial charge in [-0.15, -0.1) is 0 Å². The van der Waals surface area contributed by atoms with E-state index in [2.05, 4.69) is 10.1 Å². The van der Waals surface area contributed by atoms with E-state index in [-0.39, 0.29) is 17.0 Å². The van der Waals surface area contributed by atoms with E-state index in [4.69, 9.17) is 5.11 Å². The number of amides is 1. The summed E-state index contributed by atoms with van der Waals surface area (Å²) in [5, 5.41) is 11.5. The summed E-state index contributed by atoms with van der Waals surface area (Å²) in [6.45, 7) is 3.40. The van der Waals surface area contributed by atoms with Crippen molar-refractivity contribution in [3.8, 4) is 0 Å². The molecule has 20 heavy (non-hydrogen) atoms. The molecule has 1 aromatic carbocycles. The molecule has 0 bridgehead atoms. The number of carboxylic acids is 1. The van der Waals surface area contributed by atoms with Crippen molar-refractivity contribution in [1.82, 2.24) is 5.32 Å². The Bertz CT molecular complexity index is 524. The van der Waals surface area contributed by atoms with E-state index in [0.29, 0.717) is 0 Å². The number of esters is 1. The van der Waals surface area contributed by atoms with Crippen LogP contribution in [0.15, 0.2) is 24.3 Å². The number of rotatable bonds is 5. The third-order valence-electron chi connectivity index (χ3n) is 2.77. The van der Waals surface area contributed by atoms with Crippen LogP contribution in [0.25, 0.3) is 0 Å². The SMILES string of the molecule is COC(=O)c1cccc(C(=O)NC(C(=O)O)C(C)C)c1. The molecule has 6 nitrogen and oxygen atoms in total. The highest BCUT2D eigenvalue weighted by atomic mass is 16.5. The van der Waals surface area contributed by atoms with Crippen LogP contribution in [0.1, 0.15) is 34.6 Å². The second-order valence-electron chi connectivity index (χ2n) is 4.61. The fourth-order valence-electron chi connectivity index (χ4n) is 1.64.